The second-order valence-electron chi connectivity index (χ2n) is 7.40. The number of hydrogen-bond acceptors (Lipinski definition) is 4. The number of nitrogens with one attached hydrogen (secondary N) is 3. The summed E-state index contributed by atoms with van der Waals surface area (Å²) in [7, 11) is 0. The van der Waals surface area contributed by atoms with Gasteiger partial charge in [0.05, 0.1) is 6.54 Å². The minimum absolute atomic E-state index is 0.0238. The van der Waals surface area contributed by atoms with E-state index in [2.05, 4.69) is 20.9 Å². The van der Waals surface area contributed by atoms with Gasteiger partial charge < -0.3 is 16.0 Å². The van der Waals surface area contributed by atoms with E-state index < -0.39 is 6.04 Å². The summed E-state index contributed by atoms with van der Waals surface area (Å²) in [5.74, 6) is -0.353. The van der Waals surface area contributed by atoms with Crippen molar-refractivity contribution in [2.75, 3.05) is 25.0 Å². The van der Waals surface area contributed by atoms with E-state index in [9.17, 15) is 14.4 Å². The van der Waals surface area contributed by atoms with Gasteiger partial charge in [0.2, 0.25) is 17.7 Å². The number of anilines is 1. The van der Waals surface area contributed by atoms with Crippen LogP contribution in [0.4, 0.5) is 5.69 Å². The van der Waals surface area contributed by atoms with Crippen molar-refractivity contribution in [2.45, 2.75) is 45.7 Å². The van der Waals surface area contributed by atoms with Crippen LogP contribution in [0.5, 0.6) is 0 Å². The number of nitrogens with zero attached hydrogens (tertiary/aromatic N) is 1. The Bertz CT molecular complexity index is 640. The zero-order valence-electron chi connectivity index (χ0n) is 16.3. The van der Waals surface area contributed by atoms with Crippen molar-refractivity contribution >= 4 is 23.4 Å². The van der Waals surface area contributed by atoms with Crippen molar-refractivity contribution in [1.82, 2.24) is 15.5 Å². The highest BCUT2D eigenvalue weighted by Crippen LogP contribution is 2.12. The number of para-hydroxylation sites is 1. The number of hydrogen-bond donors (Lipinski definition) is 3. The van der Waals surface area contributed by atoms with Crippen LogP contribution in [-0.2, 0) is 14.4 Å². The Morgan fingerprint density at radius 3 is 2.30 bits per heavy atom. The molecule has 3 N–H and O–H groups in total. The fraction of sp³-hybridized carbons (Fsp3) is 0.550. The quantitative estimate of drug-likeness (QED) is 0.672. The number of benzene rings is 1. The van der Waals surface area contributed by atoms with Crippen molar-refractivity contribution in [2.24, 2.45) is 5.92 Å². The first-order valence-corrected chi connectivity index (χ1v) is 9.50. The Balaban J connectivity index is 1.75. The summed E-state index contributed by atoms with van der Waals surface area (Å²) in [6.07, 6.45) is 1.57. The maximum Gasteiger partial charge on any atom is 0.243 e. The lowest BCUT2D eigenvalue weighted by atomic mass is 10.0. The van der Waals surface area contributed by atoms with Crippen LogP contribution in [0.15, 0.2) is 30.3 Å². The van der Waals surface area contributed by atoms with E-state index in [0.29, 0.717) is 6.54 Å². The Hall–Kier alpha value is -2.41. The molecule has 1 aliphatic heterocycles. The monoisotopic (exact) mass is 374 g/mol. The number of amides is 3. The zero-order valence-corrected chi connectivity index (χ0v) is 16.3. The lowest BCUT2D eigenvalue weighted by molar-refractivity contribution is -0.130. The van der Waals surface area contributed by atoms with Gasteiger partial charge in [0.1, 0.15) is 6.04 Å². The highest BCUT2D eigenvalue weighted by molar-refractivity contribution is 5.92. The summed E-state index contributed by atoms with van der Waals surface area (Å²) in [5.41, 5.74) is 0.794. The minimum Gasteiger partial charge on any atom is -0.351 e. The predicted octanol–water partition coefficient (Wildman–Crippen LogP) is 1.37. The molecule has 0 bridgehead atoms. The predicted molar refractivity (Wildman–Crippen MR) is 105 cm³/mol. The van der Waals surface area contributed by atoms with Gasteiger partial charge in [-0.25, -0.2) is 0 Å². The standard InChI is InChI=1S/C20H30N4O3/c1-14(2)19(21-15(3)25)20(27)23-17-9-11-24(12-10-17)13-18(26)22-16-7-5-4-6-8-16/h4-8,14,17,19H,9-13H2,1-3H3,(H,21,25)(H,22,26)(H,23,27)/t19-/m1/s1. The van der Waals surface area contributed by atoms with Crippen molar-refractivity contribution in [1.29, 1.82) is 0 Å². The molecule has 1 aromatic rings. The summed E-state index contributed by atoms with van der Waals surface area (Å²) < 4.78 is 0. The second-order valence-corrected chi connectivity index (χ2v) is 7.40. The number of piperidine rings is 1. The van der Waals surface area contributed by atoms with E-state index in [1.165, 1.54) is 6.92 Å². The van der Waals surface area contributed by atoms with Gasteiger partial charge in [-0.2, -0.15) is 0 Å². The van der Waals surface area contributed by atoms with Crippen LogP contribution in [0.1, 0.15) is 33.6 Å². The van der Waals surface area contributed by atoms with E-state index >= 15 is 0 Å². The second kappa shape index (κ2) is 10.1. The molecule has 7 heteroatoms. The Labute approximate surface area is 160 Å². The molecule has 2 rings (SSSR count). The maximum atomic E-state index is 12.4. The van der Waals surface area contributed by atoms with Gasteiger partial charge in [0.25, 0.3) is 0 Å². The molecule has 1 aromatic carbocycles. The van der Waals surface area contributed by atoms with E-state index in [1.807, 2.05) is 44.2 Å². The smallest absolute Gasteiger partial charge is 0.243 e. The molecule has 1 saturated heterocycles. The highest BCUT2D eigenvalue weighted by atomic mass is 16.2. The van der Waals surface area contributed by atoms with E-state index in [0.717, 1.165) is 31.6 Å². The fourth-order valence-corrected chi connectivity index (χ4v) is 3.21. The highest BCUT2D eigenvalue weighted by Gasteiger charge is 2.27. The third-order valence-corrected chi connectivity index (χ3v) is 4.67. The van der Waals surface area contributed by atoms with Crippen LogP contribution in [0.25, 0.3) is 0 Å². The summed E-state index contributed by atoms with van der Waals surface area (Å²) in [4.78, 5) is 38.0. The van der Waals surface area contributed by atoms with Crippen molar-refractivity contribution in [3.63, 3.8) is 0 Å². The summed E-state index contributed by atoms with van der Waals surface area (Å²) in [6, 6.07) is 8.95. The van der Waals surface area contributed by atoms with Crippen LogP contribution in [0.3, 0.4) is 0 Å². The van der Waals surface area contributed by atoms with Gasteiger partial charge in [0, 0.05) is 31.7 Å². The first kappa shape index (κ1) is 20.9. The third kappa shape index (κ3) is 7.02. The van der Waals surface area contributed by atoms with Gasteiger partial charge in [-0.1, -0.05) is 32.0 Å². The van der Waals surface area contributed by atoms with Gasteiger partial charge in [-0.15, -0.1) is 0 Å². The van der Waals surface area contributed by atoms with Crippen molar-refractivity contribution in [3.05, 3.63) is 30.3 Å². The Kier molecular flexibility index (Phi) is 7.79. The van der Waals surface area contributed by atoms with Crippen LogP contribution < -0.4 is 16.0 Å². The molecule has 1 aliphatic rings. The number of carbonyl (C=O) groups is 3. The minimum atomic E-state index is -0.517. The lowest BCUT2D eigenvalue weighted by Gasteiger charge is -2.33. The molecule has 7 nitrogen and oxygen atoms in total. The average molecular weight is 374 g/mol. The van der Waals surface area contributed by atoms with Crippen LogP contribution in [0, 0.1) is 5.92 Å². The fourth-order valence-electron chi connectivity index (χ4n) is 3.21. The third-order valence-electron chi connectivity index (χ3n) is 4.67. The largest absolute Gasteiger partial charge is 0.351 e. The molecule has 0 spiro atoms. The van der Waals surface area contributed by atoms with Gasteiger partial charge >= 0.3 is 0 Å². The molecule has 1 fully saturated rings. The van der Waals surface area contributed by atoms with E-state index in [1.54, 1.807) is 0 Å². The van der Waals surface area contributed by atoms with Crippen molar-refractivity contribution in [3.8, 4) is 0 Å². The molecular weight excluding hydrogens is 344 g/mol. The molecule has 0 radical (unpaired) electrons. The maximum absolute atomic E-state index is 12.4. The molecule has 0 aliphatic carbocycles. The summed E-state index contributed by atoms with van der Waals surface area (Å²) in [6.45, 7) is 7.08. The number of likely N-dealkylation sites (tertiary alicyclic amines) is 1. The van der Waals surface area contributed by atoms with Crippen LogP contribution in [-0.4, -0.2) is 54.3 Å². The summed E-state index contributed by atoms with van der Waals surface area (Å²) >= 11 is 0. The first-order chi connectivity index (χ1) is 12.8. The number of rotatable bonds is 7. The molecule has 0 saturated carbocycles. The normalized spacial score (nSPS) is 16.6. The Morgan fingerprint density at radius 2 is 1.74 bits per heavy atom. The molecule has 0 unspecified atom stereocenters. The molecular formula is C20H30N4O3. The molecule has 1 heterocycles. The van der Waals surface area contributed by atoms with E-state index in [4.69, 9.17) is 0 Å². The molecule has 148 valence electrons. The first-order valence-electron chi connectivity index (χ1n) is 9.50. The lowest BCUT2D eigenvalue weighted by Crippen LogP contribution is -2.54. The van der Waals surface area contributed by atoms with E-state index in [-0.39, 0.29) is 29.7 Å². The van der Waals surface area contributed by atoms with Crippen molar-refractivity contribution < 1.29 is 14.4 Å². The molecule has 1 atom stereocenters. The van der Waals surface area contributed by atoms with Crippen LogP contribution in [0.2, 0.25) is 0 Å². The topological polar surface area (TPSA) is 90.5 Å². The molecule has 0 aromatic heterocycles. The zero-order chi connectivity index (χ0) is 19.8. The molecule has 27 heavy (non-hydrogen) atoms. The van der Waals surface area contributed by atoms with Gasteiger partial charge in [-0.05, 0) is 30.9 Å². The van der Waals surface area contributed by atoms with Gasteiger partial charge in [0.15, 0.2) is 0 Å². The van der Waals surface area contributed by atoms with Gasteiger partial charge in [-0.3, -0.25) is 19.3 Å². The average Bonchev–Trinajstić information content (AvgIpc) is 2.61. The molecule has 3 amide bonds. The summed E-state index contributed by atoms with van der Waals surface area (Å²) in [5, 5.41) is 8.64. The number of carbonyl (C=O) groups excluding carboxylic acids is 3. The Morgan fingerprint density at radius 1 is 1.11 bits per heavy atom. The van der Waals surface area contributed by atoms with Crippen LogP contribution >= 0.6 is 0 Å². The SMILES string of the molecule is CC(=O)N[C@@H](C(=O)NC1CCN(CC(=O)Nc2ccccc2)CC1)C(C)C.